The van der Waals surface area contributed by atoms with E-state index in [4.69, 9.17) is 31.4 Å². The van der Waals surface area contributed by atoms with E-state index in [0.29, 0.717) is 11.7 Å². The van der Waals surface area contributed by atoms with Crippen LogP contribution in [-0.4, -0.2) is 42.1 Å². The van der Waals surface area contributed by atoms with Crippen LogP contribution in [0.15, 0.2) is 66.1 Å². The number of methoxy groups -OCH3 is 1. The Balaban J connectivity index is 1.38. The summed E-state index contributed by atoms with van der Waals surface area (Å²) in [5.74, 6) is 2.34. The van der Waals surface area contributed by atoms with E-state index in [1.54, 1.807) is 19.6 Å². The van der Waals surface area contributed by atoms with Crippen molar-refractivity contribution in [2.24, 2.45) is 10.9 Å². The highest BCUT2D eigenvalue weighted by Gasteiger charge is 2.32. The van der Waals surface area contributed by atoms with Gasteiger partial charge in [-0.15, -0.1) is 5.10 Å². The van der Waals surface area contributed by atoms with Crippen molar-refractivity contribution in [2.75, 3.05) is 7.11 Å². The van der Waals surface area contributed by atoms with Crippen molar-refractivity contribution in [2.45, 2.75) is 45.6 Å². The molecule has 4 aromatic rings. The standard InChI is InChI=1S/C28H28ClN7O/c1-17-12-24(35-15-18(2)31-16-35)28(37-3)32-25(17)26-33-27-21(7-5-11-36(27)34-26)22-13-19(8-9-23(22)29)20-6-4-10-30-14-20/h4,6,8-10,13-17,21H,5,7,11-12H2,1-3H3/t17?,21-/m1/s1. The second-order valence-electron chi connectivity index (χ2n) is 9.67. The first-order chi connectivity index (χ1) is 18.0. The third-order valence-corrected chi connectivity index (χ3v) is 7.47. The van der Waals surface area contributed by atoms with E-state index in [0.717, 1.165) is 70.4 Å². The van der Waals surface area contributed by atoms with Crippen LogP contribution in [0.3, 0.4) is 0 Å². The predicted octanol–water partition coefficient (Wildman–Crippen LogP) is 5.73. The van der Waals surface area contributed by atoms with E-state index in [-0.39, 0.29) is 11.8 Å². The van der Waals surface area contributed by atoms with Gasteiger partial charge in [-0.2, -0.15) is 0 Å². The highest BCUT2D eigenvalue weighted by Crippen LogP contribution is 2.39. The highest BCUT2D eigenvalue weighted by atomic mass is 35.5. The van der Waals surface area contributed by atoms with Gasteiger partial charge in [0.1, 0.15) is 5.82 Å². The minimum absolute atomic E-state index is 0.0561. The monoisotopic (exact) mass is 513 g/mol. The van der Waals surface area contributed by atoms with Gasteiger partial charge in [0.05, 0.1) is 30.5 Å². The molecule has 0 saturated heterocycles. The van der Waals surface area contributed by atoms with E-state index >= 15 is 0 Å². The molecule has 2 aliphatic rings. The zero-order valence-corrected chi connectivity index (χ0v) is 21.9. The number of imidazole rings is 1. The average Bonchev–Trinajstić information content (AvgIpc) is 3.55. The summed E-state index contributed by atoms with van der Waals surface area (Å²) in [5.41, 5.74) is 6.00. The Bertz CT molecular complexity index is 1520. The third kappa shape index (κ3) is 4.35. The molecular weight excluding hydrogens is 486 g/mol. The number of fused-ring (bicyclic) bond motifs is 1. The Morgan fingerprint density at radius 3 is 2.81 bits per heavy atom. The number of pyridine rings is 1. The van der Waals surface area contributed by atoms with Crippen LogP contribution in [0.2, 0.25) is 5.02 Å². The molecule has 0 saturated carbocycles. The first-order valence-corrected chi connectivity index (χ1v) is 12.9. The zero-order valence-electron chi connectivity index (χ0n) is 21.1. The van der Waals surface area contributed by atoms with Gasteiger partial charge in [0.15, 0.2) is 5.82 Å². The smallest absolute Gasteiger partial charge is 0.234 e. The van der Waals surface area contributed by atoms with Gasteiger partial charge in [-0.1, -0.05) is 30.7 Å². The molecule has 2 aliphatic heterocycles. The number of hydrogen-bond acceptors (Lipinski definition) is 6. The fraction of sp³-hybridized carbons (Fsp3) is 0.321. The molecule has 0 aliphatic carbocycles. The molecule has 0 fully saturated rings. The number of rotatable bonds is 5. The molecule has 37 heavy (non-hydrogen) atoms. The van der Waals surface area contributed by atoms with Crippen LogP contribution in [-0.2, 0) is 11.3 Å². The van der Waals surface area contributed by atoms with Crippen LogP contribution in [0.1, 0.15) is 55.0 Å². The number of benzene rings is 1. The molecule has 1 aromatic carbocycles. The normalized spacial score (nSPS) is 19.5. The SMILES string of the molecule is COC1=C(n2cnc(C)c2)CC(C)C(c2nc3n(n2)CCC[C@@H]3c2cc(-c3cccnc3)ccc2Cl)=N1. The second kappa shape index (κ2) is 9.59. The molecule has 3 aromatic heterocycles. The Labute approximate surface area is 220 Å². The van der Waals surface area contributed by atoms with Crippen molar-refractivity contribution in [3.05, 3.63) is 89.1 Å². The summed E-state index contributed by atoms with van der Waals surface area (Å²) in [5, 5.41) is 5.65. The number of aryl methyl sites for hydroxylation is 2. The Hall–Kier alpha value is -3.78. The van der Waals surface area contributed by atoms with E-state index in [1.165, 1.54) is 0 Å². The fourth-order valence-corrected chi connectivity index (χ4v) is 5.50. The van der Waals surface area contributed by atoms with Crippen molar-refractivity contribution in [3.63, 3.8) is 0 Å². The first kappa shape index (κ1) is 23.6. The Morgan fingerprint density at radius 1 is 1.16 bits per heavy atom. The molecule has 9 heteroatoms. The summed E-state index contributed by atoms with van der Waals surface area (Å²) < 4.78 is 9.70. The van der Waals surface area contributed by atoms with Gasteiger partial charge >= 0.3 is 0 Å². The van der Waals surface area contributed by atoms with Gasteiger partial charge in [-0.3, -0.25) is 4.98 Å². The average molecular weight is 514 g/mol. The van der Waals surface area contributed by atoms with E-state index in [2.05, 4.69) is 29.0 Å². The first-order valence-electron chi connectivity index (χ1n) is 12.5. The number of nitrogens with zero attached hydrogens (tertiary/aromatic N) is 7. The lowest BCUT2D eigenvalue weighted by Crippen LogP contribution is -2.22. The molecule has 0 spiro atoms. The fourth-order valence-electron chi connectivity index (χ4n) is 5.25. The predicted molar refractivity (Wildman–Crippen MR) is 143 cm³/mol. The van der Waals surface area contributed by atoms with Gasteiger partial charge < -0.3 is 9.30 Å². The molecule has 5 heterocycles. The van der Waals surface area contributed by atoms with Gasteiger partial charge in [0.2, 0.25) is 5.88 Å². The van der Waals surface area contributed by atoms with Crippen LogP contribution < -0.4 is 0 Å². The maximum Gasteiger partial charge on any atom is 0.234 e. The molecule has 1 unspecified atom stereocenters. The molecule has 8 nitrogen and oxygen atoms in total. The van der Waals surface area contributed by atoms with Crippen LogP contribution >= 0.6 is 11.6 Å². The van der Waals surface area contributed by atoms with Gasteiger partial charge in [0.25, 0.3) is 0 Å². The van der Waals surface area contributed by atoms with E-state index in [9.17, 15) is 0 Å². The van der Waals surface area contributed by atoms with Crippen molar-refractivity contribution in [1.82, 2.24) is 29.3 Å². The van der Waals surface area contributed by atoms with Crippen LogP contribution in [0, 0.1) is 12.8 Å². The van der Waals surface area contributed by atoms with Gasteiger partial charge in [-0.05, 0) is 54.7 Å². The molecule has 188 valence electrons. The van der Waals surface area contributed by atoms with Gasteiger partial charge in [0, 0.05) is 48.4 Å². The summed E-state index contributed by atoms with van der Waals surface area (Å²) in [7, 11) is 1.65. The number of halogens is 1. The summed E-state index contributed by atoms with van der Waals surface area (Å²) >= 11 is 6.75. The molecule has 6 rings (SSSR count). The lowest BCUT2D eigenvalue weighted by molar-refractivity contribution is 0.284. The Morgan fingerprint density at radius 2 is 2.05 bits per heavy atom. The third-order valence-electron chi connectivity index (χ3n) is 7.12. The van der Waals surface area contributed by atoms with Crippen LogP contribution in [0.25, 0.3) is 16.8 Å². The molecular formula is C28H28ClN7O. The second-order valence-corrected chi connectivity index (χ2v) is 10.1. The minimum atomic E-state index is 0.0561. The maximum absolute atomic E-state index is 6.75. The molecule has 0 radical (unpaired) electrons. The van der Waals surface area contributed by atoms with Crippen LogP contribution in [0.5, 0.6) is 0 Å². The summed E-state index contributed by atoms with van der Waals surface area (Å²) in [6.07, 6.45) is 10.2. The van der Waals surface area contributed by atoms with E-state index < -0.39 is 0 Å². The van der Waals surface area contributed by atoms with E-state index in [1.807, 2.05) is 46.8 Å². The van der Waals surface area contributed by atoms with Crippen molar-refractivity contribution >= 4 is 23.0 Å². The van der Waals surface area contributed by atoms with Crippen molar-refractivity contribution < 1.29 is 4.74 Å². The summed E-state index contributed by atoms with van der Waals surface area (Å²) in [6, 6.07) is 10.2. The van der Waals surface area contributed by atoms with Crippen molar-refractivity contribution in [1.29, 1.82) is 0 Å². The van der Waals surface area contributed by atoms with Gasteiger partial charge in [-0.25, -0.2) is 19.6 Å². The quantitative estimate of drug-likeness (QED) is 0.340. The lowest BCUT2D eigenvalue weighted by atomic mass is 9.89. The highest BCUT2D eigenvalue weighted by molar-refractivity contribution is 6.31. The molecule has 2 atom stereocenters. The number of allylic oxidation sites excluding steroid dienone is 1. The topological polar surface area (TPSA) is 83.0 Å². The minimum Gasteiger partial charge on any atom is -0.480 e. The molecule has 0 bridgehead atoms. The Kier molecular flexibility index (Phi) is 6.12. The van der Waals surface area contributed by atoms with Crippen LogP contribution in [0.4, 0.5) is 0 Å². The number of ether oxygens (including phenoxy) is 1. The molecule has 0 N–H and O–H groups in total. The summed E-state index contributed by atoms with van der Waals surface area (Å²) in [6.45, 7) is 4.95. The number of aromatic nitrogens is 6. The largest absolute Gasteiger partial charge is 0.480 e. The zero-order chi connectivity index (χ0) is 25.5. The number of aliphatic imine (C=N–C) groups is 1. The number of hydrogen-bond donors (Lipinski definition) is 0. The lowest BCUT2D eigenvalue weighted by Gasteiger charge is -2.23. The maximum atomic E-state index is 6.75. The molecule has 0 amide bonds. The summed E-state index contributed by atoms with van der Waals surface area (Å²) in [4.78, 5) is 18.6. The van der Waals surface area contributed by atoms with Crippen molar-refractivity contribution in [3.8, 4) is 11.1 Å².